The van der Waals surface area contributed by atoms with E-state index in [0.717, 1.165) is 11.2 Å². The second-order valence-corrected chi connectivity index (χ2v) is 2.30. The predicted octanol–water partition coefficient (Wildman–Crippen LogP) is -0.168. The predicted molar refractivity (Wildman–Crippen MR) is 40.3 cm³/mol. The molecule has 0 aromatic carbocycles. The molecule has 0 atom stereocenters. The van der Waals surface area contributed by atoms with Gasteiger partial charge in [-0.25, -0.2) is 4.98 Å². The van der Waals surface area contributed by atoms with Crippen molar-refractivity contribution in [2.75, 3.05) is 0 Å². The number of aromatic amines is 1. The van der Waals surface area contributed by atoms with Crippen molar-refractivity contribution in [2.24, 2.45) is 0 Å². The van der Waals surface area contributed by atoms with E-state index in [4.69, 9.17) is 5.21 Å². The third kappa shape index (κ3) is 1.13. The maximum Gasteiger partial charge on any atom is 0.201 e. The molecule has 3 N–H and O–H groups in total. The van der Waals surface area contributed by atoms with Crippen LogP contribution in [-0.4, -0.2) is 25.6 Å². The van der Waals surface area contributed by atoms with Gasteiger partial charge in [0.2, 0.25) is 5.65 Å². The Labute approximate surface area is 67.6 Å². The second kappa shape index (κ2) is 2.84. The van der Waals surface area contributed by atoms with E-state index in [0.29, 0.717) is 12.2 Å². The third-order valence-corrected chi connectivity index (χ3v) is 1.50. The SMILES string of the molecule is ONCc1ccc2n[nH]nc2n1. The fourth-order valence-corrected chi connectivity index (χ4v) is 0.955. The van der Waals surface area contributed by atoms with Crippen molar-refractivity contribution in [3.8, 4) is 0 Å². The Bertz CT molecular complexity index is 384. The third-order valence-electron chi connectivity index (χ3n) is 1.50. The van der Waals surface area contributed by atoms with Crippen LogP contribution in [0.4, 0.5) is 0 Å². The average molecular weight is 165 g/mol. The Morgan fingerprint density at radius 3 is 3.17 bits per heavy atom. The minimum absolute atomic E-state index is 0.308. The van der Waals surface area contributed by atoms with Gasteiger partial charge in [-0.1, -0.05) is 0 Å². The first-order valence-corrected chi connectivity index (χ1v) is 3.43. The monoisotopic (exact) mass is 165 g/mol. The van der Waals surface area contributed by atoms with Crippen LogP contribution in [0.25, 0.3) is 11.2 Å². The molecule has 0 aliphatic heterocycles. The van der Waals surface area contributed by atoms with Crippen molar-refractivity contribution in [1.82, 2.24) is 25.9 Å². The first kappa shape index (κ1) is 7.14. The van der Waals surface area contributed by atoms with Gasteiger partial charge in [0.1, 0.15) is 5.52 Å². The molecule has 0 amide bonds. The topological polar surface area (TPSA) is 86.7 Å². The number of pyridine rings is 1. The van der Waals surface area contributed by atoms with Crippen molar-refractivity contribution in [2.45, 2.75) is 6.54 Å². The van der Waals surface area contributed by atoms with Gasteiger partial charge in [0.25, 0.3) is 0 Å². The largest absolute Gasteiger partial charge is 0.316 e. The Balaban J connectivity index is 2.46. The van der Waals surface area contributed by atoms with Crippen LogP contribution in [0.2, 0.25) is 0 Å². The summed E-state index contributed by atoms with van der Waals surface area (Å²) in [5, 5.41) is 18.5. The highest BCUT2D eigenvalue weighted by Gasteiger charge is 1.99. The molecule has 0 bridgehead atoms. The van der Waals surface area contributed by atoms with E-state index in [1.807, 2.05) is 5.48 Å². The number of nitrogens with one attached hydrogen (secondary N) is 2. The molecule has 0 saturated carbocycles. The van der Waals surface area contributed by atoms with Gasteiger partial charge in [-0.2, -0.15) is 15.8 Å². The summed E-state index contributed by atoms with van der Waals surface area (Å²) in [5.41, 5.74) is 4.02. The van der Waals surface area contributed by atoms with E-state index >= 15 is 0 Å². The average Bonchev–Trinajstić information content (AvgIpc) is 2.51. The lowest BCUT2D eigenvalue weighted by Gasteiger charge is -1.95. The molecule has 0 aliphatic rings. The molecule has 0 saturated heterocycles. The molecule has 2 aromatic heterocycles. The van der Waals surface area contributed by atoms with Crippen molar-refractivity contribution in [3.63, 3.8) is 0 Å². The van der Waals surface area contributed by atoms with E-state index < -0.39 is 0 Å². The van der Waals surface area contributed by atoms with Gasteiger partial charge in [-0.3, -0.25) is 0 Å². The van der Waals surface area contributed by atoms with Gasteiger partial charge >= 0.3 is 0 Å². The van der Waals surface area contributed by atoms with Gasteiger partial charge in [0.05, 0.1) is 12.2 Å². The molecular formula is C6H7N5O. The first-order chi connectivity index (χ1) is 5.90. The van der Waals surface area contributed by atoms with Crippen LogP contribution in [0.3, 0.4) is 0 Å². The summed E-state index contributed by atoms with van der Waals surface area (Å²) in [6.45, 7) is 0.308. The molecule has 0 radical (unpaired) electrons. The van der Waals surface area contributed by atoms with Gasteiger partial charge in [0, 0.05) is 0 Å². The van der Waals surface area contributed by atoms with E-state index in [9.17, 15) is 0 Å². The number of hydrogen-bond donors (Lipinski definition) is 3. The number of hydroxylamine groups is 1. The van der Waals surface area contributed by atoms with Gasteiger partial charge in [0.15, 0.2) is 0 Å². The lowest BCUT2D eigenvalue weighted by Crippen LogP contribution is -2.07. The minimum Gasteiger partial charge on any atom is -0.316 e. The van der Waals surface area contributed by atoms with E-state index in [1.165, 1.54) is 0 Å². The summed E-state index contributed by atoms with van der Waals surface area (Å²) in [6.07, 6.45) is 0. The summed E-state index contributed by atoms with van der Waals surface area (Å²) < 4.78 is 0. The molecule has 2 heterocycles. The molecule has 0 spiro atoms. The fourth-order valence-electron chi connectivity index (χ4n) is 0.955. The maximum atomic E-state index is 8.41. The number of nitrogens with zero attached hydrogens (tertiary/aromatic N) is 3. The Hall–Kier alpha value is -1.53. The summed E-state index contributed by atoms with van der Waals surface area (Å²) in [6, 6.07) is 3.56. The van der Waals surface area contributed by atoms with Crippen molar-refractivity contribution < 1.29 is 5.21 Å². The van der Waals surface area contributed by atoms with Crippen molar-refractivity contribution >= 4 is 11.2 Å². The zero-order valence-electron chi connectivity index (χ0n) is 6.15. The number of fused-ring (bicyclic) bond motifs is 1. The normalized spacial score (nSPS) is 10.8. The van der Waals surface area contributed by atoms with E-state index in [-0.39, 0.29) is 0 Å². The van der Waals surface area contributed by atoms with Crippen molar-refractivity contribution in [3.05, 3.63) is 17.8 Å². The molecule has 0 unspecified atom stereocenters. The standard InChI is InChI=1S/C6H7N5O/c12-7-3-4-1-2-5-6(8-4)10-11-9-5/h1-2,7,12H,3H2,(H,8,9,10,11). The smallest absolute Gasteiger partial charge is 0.201 e. The van der Waals surface area contributed by atoms with Crippen LogP contribution in [0.15, 0.2) is 12.1 Å². The molecular weight excluding hydrogens is 158 g/mol. The highest BCUT2D eigenvalue weighted by Crippen LogP contribution is 2.04. The Kier molecular flexibility index (Phi) is 1.69. The number of rotatable bonds is 2. The zero-order chi connectivity index (χ0) is 8.39. The summed E-state index contributed by atoms with van der Waals surface area (Å²) >= 11 is 0. The van der Waals surface area contributed by atoms with Crippen LogP contribution in [0.5, 0.6) is 0 Å². The molecule has 2 aromatic rings. The molecule has 6 nitrogen and oxygen atoms in total. The molecule has 62 valence electrons. The number of hydrogen-bond acceptors (Lipinski definition) is 5. The molecule has 0 fully saturated rings. The Morgan fingerprint density at radius 1 is 1.42 bits per heavy atom. The second-order valence-electron chi connectivity index (χ2n) is 2.30. The van der Waals surface area contributed by atoms with Crippen LogP contribution >= 0.6 is 0 Å². The molecule has 12 heavy (non-hydrogen) atoms. The van der Waals surface area contributed by atoms with Gasteiger partial charge in [-0.15, -0.1) is 5.10 Å². The quantitative estimate of drug-likeness (QED) is 0.538. The highest BCUT2D eigenvalue weighted by molar-refractivity contribution is 5.68. The lowest BCUT2D eigenvalue weighted by molar-refractivity contribution is 0.160. The molecule has 6 heteroatoms. The van der Waals surface area contributed by atoms with Crippen molar-refractivity contribution in [1.29, 1.82) is 0 Å². The highest BCUT2D eigenvalue weighted by atomic mass is 16.5. The van der Waals surface area contributed by atoms with Crippen LogP contribution in [0.1, 0.15) is 5.69 Å². The summed E-state index contributed by atoms with van der Waals surface area (Å²) in [7, 11) is 0. The van der Waals surface area contributed by atoms with Gasteiger partial charge in [-0.05, 0) is 12.1 Å². The first-order valence-electron chi connectivity index (χ1n) is 3.43. The Morgan fingerprint density at radius 2 is 2.33 bits per heavy atom. The van der Waals surface area contributed by atoms with Gasteiger partial charge < -0.3 is 5.21 Å². The number of H-pyrrole nitrogens is 1. The van der Waals surface area contributed by atoms with Crippen LogP contribution in [0, 0.1) is 0 Å². The zero-order valence-corrected chi connectivity index (χ0v) is 6.15. The summed E-state index contributed by atoms with van der Waals surface area (Å²) in [4.78, 5) is 4.10. The molecule has 2 rings (SSSR count). The number of aromatic nitrogens is 4. The van der Waals surface area contributed by atoms with E-state index in [2.05, 4.69) is 20.4 Å². The van der Waals surface area contributed by atoms with Crippen LogP contribution in [-0.2, 0) is 6.54 Å². The lowest BCUT2D eigenvalue weighted by atomic mass is 10.3. The molecule has 0 aliphatic carbocycles. The van der Waals surface area contributed by atoms with E-state index in [1.54, 1.807) is 12.1 Å². The maximum absolute atomic E-state index is 8.41. The fraction of sp³-hybridized carbons (Fsp3) is 0.167. The van der Waals surface area contributed by atoms with Crippen LogP contribution < -0.4 is 5.48 Å². The minimum atomic E-state index is 0.308. The summed E-state index contributed by atoms with van der Waals surface area (Å²) in [5.74, 6) is 0.